The van der Waals surface area contributed by atoms with Crippen molar-refractivity contribution < 1.29 is 12.3 Å². The highest BCUT2D eigenvalue weighted by atomic mass is 35.5. The van der Waals surface area contributed by atoms with Crippen molar-refractivity contribution >= 4 is 11.6 Å². The third-order valence-electron chi connectivity index (χ3n) is 3.29. The van der Waals surface area contributed by atoms with Crippen LogP contribution >= 0.6 is 11.6 Å². The molecule has 22 heavy (non-hydrogen) atoms. The first-order chi connectivity index (χ1) is 14.2. The molecule has 0 N–H and O–H groups in total. The first-order valence-corrected chi connectivity index (χ1v) is 7.37. The van der Waals surface area contributed by atoms with Crippen molar-refractivity contribution in [2.45, 2.75) is 19.1 Å². The number of benzene rings is 2. The number of hydrogen-bond acceptors (Lipinski definition) is 2. The molecule has 0 saturated carbocycles. The Balaban J connectivity index is 2.20. The van der Waals surface area contributed by atoms with Gasteiger partial charge in [0.15, 0.2) is 0 Å². The summed E-state index contributed by atoms with van der Waals surface area (Å²) in [4.78, 5) is 1.12. The Morgan fingerprint density at radius 2 is 1.59 bits per heavy atom. The van der Waals surface area contributed by atoms with E-state index in [0.717, 1.165) is 0 Å². The van der Waals surface area contributed by atoms with Crippen LogP contribution in [0.5, 0.6) is 0 Å². The van der Waals surface area contributed by atoms with Gasteiger partial charge in [-0.15, -0.1) is 11.6 Å². The van der Waals surface area contributed by atoms with Gasteiger partial charge in [-0.1, -0.05) is 60.7 Å². The van der Waals surface area contributed by atoms with Crippen LogP contribution in [0.3, 0.4) is 0 Å². The van der Waals surface area contributed by atoms with E-state index in [1.807, 2.05) is 0 Å². The summed E-state index contributed by atoms with van der Waals surface area (Å²) in [5.41, 5.74) is 0.951. The lowest BCUT2D eigenvalue weighted by Gasteiger charge is -2.40. The normalized spacial score (nSPS) is 37.0. The highest BCUT2D eigenvalue weighted by Crippen LogP contribution is 2.17. The van der Waals surface area contributed by atoms with E-state index in [1.165, 1.54) is 0 Å². The summed E-state index contributed by atoms with van der Waals surface area (Å²) in [5.74, 6) is -3.07. The predicted molar refractivity (Wildman–Crippen MR) is 93.1 cm³/mol. The van der Waals surface area contributed by atoms with E-state index in [0.29, 0.717) is 20.9 Å². The Morgan fingerprint density at radius 3 is 2.18 bits per heavy atom. The lowest BCUT2D eigenvalue weighted by atomic mass is 10.1. The van der Waals surface area contributed by atoms with E-state index in [1.54, 1.807) is 60.7 Å². The number of rotatable bonds is 5. The SMILES string of the molecule is [2H]C([2H])(Cl)C1([2H])N(Cc2ccccc2)C([2H])([2H])C([2H])([2H])N(Cc2ccccc2)C1([2H])[2H]. The minimum Gasteiger partial charge on any atom is -0.296 e. The third-order valence-corrected chi connectivity index (χ3v) is 3.47. The van der Waals surface area contributed by atoms with Crippen LogP contribution in [0.25, 0.3) is 0 Å². The predicted octanol–water partition coefficient (Wildman–Crippen LogP) is 3.61. The molecule has 0 aliphatic carbocycles. The minimum absolute atomic E-state index is 0.382. The summed E-state index contributed by atoms with van der Waals surface area (Å²) in [5, 5.41) is 0. The maximum absolute atomic E-state index is 8.91. The number of hydrogen-bond donors (Lipinski definition) is 0. The van der Waals surface area contributed by atoms with Gasteiger partial charge in [-0.05, 0) is 11.1 Å². The molecule has 1 atom stereocenters. The Labute approximate surface area is 151 Å². The van der Waals surface area contributed by atoms with Crippen molar-refractivity contribution in [1.82, 2.24) is 9.80 Å². The molecule has 1 fully saturated rings. The first-order valence-electron chi connectivity index (χ1n) is 11.5. The molecule has 0 bridgehead atoms. The minimum atomic E-state index is -3.07. The monoisotopic (exact) mass is 323 g/mol. The zero-order valence-corrected chi connectivity index (χ0v) is 12.7. The van der Waals surface area contributed by atoms with Gasteiger partial charge in [0.1, 0.15) is 0 Å². The van der Waals surface area contributed by atoms with E-state index in [2.05, 4.69) is 0 Å². The van der Waals surface area contributed by atoms with Crippen LogP contribution in [-0.4, -0.2) is 41.1 Å². The molecule has 0 amide bonds. The zero-order chi connectivity index (χ0) is 23.3. The van der Waals surface area contributed by atoms with Crippen LogP contribution in [-0.2, 0) is 13.1 Å². The van der Waals surface area contributed by atoms with E-state index >= 15 is 0 Å². The highest BCUT2D eigenvalue weighted by molar-refractivity contribution is 6.18. The molecular weight excluding hydrogens is 292 g/mol. The van der Waals surface area contributed by atoms with Gasteiger partial charge >= 0.3 is 0 Å². The van der Waals surface area contributed by atoms with Crippen LogP contribution in [0.2, 0.25) is 0 Å². The first kappa shape index (κ1) is 7.96. The Hall–Kier alpha value is -1.35. The summed E-state index contributed by atoms with van der Waals surface area (Å²) >= 11 is 5.94. The molecule has 1 heterocycles. The Bertz CT molecular complexity index is 906. The van der Waals surface area contributed by atoms with Crippen molar-refractivity contribution in [3.63, 3.8) is 0 Å². The molecule has 116 valence electrons. The van der Waals surface area contributed by atoms with Gasteiger partial charge in [0.2, 0.25) is 0 Å². The van der Waals surface area contributed by atoms with Gasteiger partial charge in [0.25, 0.3) is 0 Å². The molecule has 0 aromatic heterocycles. The van der Waals surface area contributed by atoms with Crippen LogP contribution in [0.4, 0.5) is 0 Å². The van der Waals surface area contributed by atoms with Crippen LogP contribution in [0.1, 0.15) is 23.5 Å². The van der Waals surface area contributed by atoms with Crippen molar-refractivity contribution in [2.75, 3.05) is 25.3 Å². The number of alkyl halides is 1. The number of nitrogens with zero attached hydrogens (tertiary/aromatic N) is 2. The second kappa shape index (κ2) is 7.77. The maximum atomic E-state index is 8.91. The third kappa shape index (κ3) is 4.10. The molecule has 1 saturated heterocycles. The van der Waals surface area contributed by atoms with Gasteiger partial charge in [0.05, 0.1) is 0 Å². The molecule has 2 aromatic carbocycles. The number of piperazine rings is 1. The maximum Gasteiger partial charge on any atom is 0.0493 e. The number of halogens is 1. The topological polar surface area (TPSA) is 6.48 Å². The molecule has 3 rings (SSSR count). The van der Waals surface area contributed by atoms with Gasteiger partial charge in [-0.2, -0.15) is 0 Å². The molecule has 1 unspecified atom stereocenters. The second-order valence-corrected chi connectivity index (χ2v) is 5.11. The van der Waals surface area contributed by atoms with Gasteiger partial charge in [-0.3, -0.25) is 9.80 Å². The summed E-state index contributed by atoms with van der Waals surface area (Å²) in [6, 6.07) is 13.6. The molecule has 3 heteroatoms. The smallest absolute Gasteiger partial charge is 0.0493 e. The van der Waals surface area contributed by atoms with Crippen molar-refractivity contribution in [2.24, 2.45) is 0 Å². The van der Waals surface area contributed by atoms with E-state index < -0.39 is 37.9 Å². The molecular formula is C19H23ClN2. The molecule has 1 aliphatic rings. The Kier molecular flexibility index (Phi) is 2.81. The molecule has 0 radical (unpaired) electrons. The fourth-order valence-electron chi connectivity index (χ4n) is 2.19. The zero-order valence-electron chi connectivity index (χ0n) is 21.0. The molecule has 1 aliphatic heterocycles. The fraction of sp³-hybridized carbons (Fsp3) is 0.368. The van der Waals surface area contributed by atoms with Gasteiger partial charge in [-0.25, -0.2) is 0 Å². The average molecular weight is 324 g/mol. The largest absolute Gasteiger partial charge is 0.296 e. The van der Waals surface area contributed by atoms with Crippen LogP contribution in [0.15, 0.2) is 60.7 Å². The lowest BCUT2D eigenvalue weighted by molar-refractivity contribution is 0.0749. The molecule has 0 spiro atoms. The van der Waals surface area contributed by atoms with Crippen molar-refractivity contribution in [3.8, 4) is 0 Å². The highest BCUT2D eigenvalue weighted by Gasteiger charge is 2.26. The van der Waals surface area contributed by atoms with Gasteiger partial charge < -0.3 is 0 Å². The second-order valence-electron chi connectivity index (χ2n) is 4.92. The summed E-state index contributed by atoms with van der Waals surface area (Å²) in [6.45, 7) is -9.70. The quantitative estimate of drug-likeness (QED) is 0.776. The summed E-state index contributed by atoms with van der Waals surface area (Å²) in [7, 11) is 0. The van der Waals surface area contributed by atoms with Crippen LogP contribution in [0, 0.1) is 0 Å². The molecule has 2 aromatic rings. The fourth-order valence-corrected chi connectivity index (χ4v) is 2.34. The molecule has 2 nitrogen and oxygen atoms in total. The standard InChI is InChI=1S/C19H23ClN2/c20-13-19-16-21(14-17-7-3-1-4-8-17)11-12-22(19)15-18-9-5-2-6-10-18/h1-10,19H,11-16H2/i11D2,12D2,13D2,16D2,19D. The Morgan fingerprint density at radius 1 is 1.00 bits per heavy atom. The van der Waals surface area contributed by atoms with Crippen molar-refractivity contribution in [1.29, 1.82) is 0 Å². The lowest BCUT2D eigenvalue weighted by Crippen LogP contribution is -2.53. The van der Waals surface area contributed by atoms with E-state index in [-0.39, 0.29) is 6.54 Å². The van der Waals surface area contributed by atoms with E-state index in [9.17, 15) is 0 Å². The van der Waals surface area contributed by atoms with E-state index in [4.69, 9.17) is 23.9 Å². The average Bonchev–Trinajstić information content (AvgIpc) is 2.69. The van der Waals surface area contributed by atoms with Crippen molar-refractivity contribution in [3.05, 3.63) is 71.8 Å². The van der Waals surface area contributed by atoms with Gasteiger partial charge in [0, 0.05) is 56.8 Å². The summed E-state index contributed by atoms with van der Waals surface area (Å²) < 4.78 is 76.8. The summed E-state index contributed by atoms with van der Waals surface area (Å²) in [6.07, 6.45) is 0. The van der Waals surface area contributed by atoms with Crippen LogP contribution < -0.4 is 0 Å².